The average molecular weight is 392 g/mol. The van der Waals surface area contributed by atoms with Gasteiger partial charge in [0.15, 0.2) is 11.5 Å². The second-order valence-electron chi connectivity index (χ2n) is 6.62. The first kappa shape index (κ1) is 19.5. The summed E-state index contributed by atoms with van der Waals surface area (Å²) in [5, 5.41) is 23.2. The van der Waals surface area contributed by atoms with Crippen molar-refractivity contribution in [1.29, 1.82) is 0 Å². The van der Waals surface area contributed by atoms with Crippen molar-refractivity contribution in [2.45, 2.75) is 31.6 Å². The third-order valence-corrected chi connectivity index (χ3v) is 4.61. The Kier molecular flexibility index (Phi) is 6.21. The Morgan fingerprint density at radius 2 is 2.11 bits per heavy atom. The van der Waals surface area contributed by atoms with E-state index < -0.39 is 18.2 Å². The molecule has 144 valence electrons. The molecule has 0 fully saturated rings. The number of carboxylic acids is 1. The van der Waals surface area contributed by atoms with Crippen LogP contribution in [0, 0.1) is 0 Å². The summed E-state index contributed by atoms with van der Waals surface area (Å²) >= 11 is 5.96. The molecule has 1 aliphatic heterocycles. The molecule has 0 spiro atoms. The Bertz CT molecular complexity index is 813. The lowest BCUT2D eigenvalue weighted by Gasteiger charge is -2.24. The van der Waals surface area contributed by atoms with Gasteiger partial charge in [-0.15, -0.1) is 0 Å². The van der Waals surface area contributed by atoms with Gasteiger partial charge in [0.1, 0.15) is 6.61 Å². The number of fused-ring (bicyclic) bond motifs is 1. The maximum Gasteiger partial charge on any atom is 0.348 e. The topological polar surface area (TPSA) is 88.0 Å². The predicted molar refractivity (Wildman–Crippen MR) is 102 cm³/mol. The monoisotopic (exact) mass is 391 g/mol. The highest BCUT2D eigenvalue weighted by Gasteiger charge is 2.27. The van der Waals surface area contributed by atoms with Crippen LogP contribution in [-0.2, 0) is 11.2 Å². The molecule has 2 aromatic rings. The largest absolute Gasteiger partial charge is 0.485 e. The molecule has 27 heavy (non-hydrogen) atoms. The number of ether oxygens (including phenoxy) is 2. The van der Waals surface area contributed by atoms with E-state index in [0.717, 1.165) is 17.5 Å². The zero-order valence-corrected chi connectivity index (χ0v) is 15.6. The third-order valence-electron chi connectivity index (χ3n) is 4.38. The summed E-state index contributed by atoms with van der Waals surface area (Å²) in [6, 6.07) is 12.8. The number of aliphatic carboxylic acids is 1. The molecule has 0 radical (unpaired) electrons. The number of halogens is 1. The summed E-state index contributed by atoms with van der Waals surface area (Å²) in [4.78, 5) is 11.0. The zero-order chi connectivity index (χ0) is 19.4. The molecule has 6 nitrogen and oxygen atoms in total. The Morgan fingerprint density at radius 1 is 1.30 bits per heavy atom. The molecule has 1 heterocycles. The molecule has 0 saturated carbocycles. The van der Waals surface area contributed by atoms with Gasteiger partial charge in [0, 0.05) is 17.6 Å². The molecule has 3 atom stereocenters. The smallest absolute Gasteiger partial charge is 0.348 e. The first-order chi connectivity index (χ1) is 12.9. The van der Waals surface area contributed by atoms with Crippen molar-refractivity contribution >= 4 is 17.6 Å². The Balaban J connectivity index is 1.54. The third kappa shape index (κ3) is 5.13. The van der Waals surface area contributed by atoms with Crippen molar-refractivity contribution in [2.24, 2.45) is 0 Å². The number of hydrogen-bond acceptors (Lipinski definition) is 5. The quantitative estimate of drug-likeness (QED) is 0.672. The van der Waals surface area contributed by atoms with Crippen LogP contribution in [0.3, 0.4) is 0 Å². The fraction of sp³-hybridized carbons (Fsp3) is 0.350. The van der Waals surface area contributed by atoms with E-state index in [1.165, 1.54) is 0 Å². The van der Waals surface area contributed by atoms with E-state index in [-0.39, 0.29) is 12.6 Å². The number of carboxylic acid groups (broad SMARTS) is 1. The van der Waals surface area contributed by atoms with E-state index >= 15 is 0 Å². The minimum Gasteiger partial charge on any atom is -0.485 e. The van der Waals surface area contributed by atoms with Gasteiger partial charge in [-0.05, 0) is 48.7 Å². The highest BCUT2D eigenvalue weighted by atomic mass is 35.5. The van der Waals surface area contributed by atoms with Crippen LogP contribution in [-0.4, -0.2) is 41.5 Å². The fourth-order valence-electron chi connectivity index (χ4n) is 2.93. The summed E-state index contributed by atoms with van der Waals surface area (Å²) in [5.41, 5.74) is 1.80. The van der Waals surface area contributed by atoms with Crippen LogP contribution in [0.4, 0.5) is 0 Å². The summed E-state index contributed by atoms with van der Waals surface area (Å²) in [5.74, 6) is -0.0497. The predicted octanol–water partition coefficient (Wildman–Crippen LogP) is 2.82. The van der Waals surface area contributed by atoms with Crippen molar-refractivity contribution in [2.75, 3.05) is 13.2 Å². The van der Waals surface area contributed by atoms with Crippen molar-refractivity contribution in [1.82, 2.24) is 5.32 Å². The van der Waals surface area contributed by atoms with E-state index in [0.29, 0.717) is 23.1 Å². The van der Waals surface area contributed by atoms with Crippen molar-refractivity contribution in [3.8, 4) is 11.5 Å². The van der Waals surface area contributed by atoms with E-state index in [1.807, 2.05) is 31.2 Å². The number of aliphatic hydroxyl groups is 1. The molecule has 0 amide bonds. The van der Waals surface area contributed by atoms with Crippen LogP contribution in [0.15, 0.2) is 42.5 Å². The SMILES string of the molecule is C[C@@H](Cc1ccc2c(c1)OC[C@H](C(=O)O)O2)NCC(O)c1cccc(Cl)c1. The number of carbonyl (C=O) groups is 1. The molecule has 0 aromatic heterocycles. The van der Waals surface area contributed by atoms with Crippen molar-refractivity contribution in [3.05, 3.63) is 58.6 Å². The Morgan fingerprint density at radius 3 is 2.85 bits per heavy atom. The maximum atomic E-state index is 11.0. The van der Waals surface area contributed by atoms with E-state index in [4.69, 9.17) is 26.2 Å². The van der Waals surface area contributed by atoms with Crippen molar-refractivity contribution < 1.29 is 24.5 Å². The van der Waals surface area contributed by atoms with Gasteiger partial charge in [-0.25, -0.2) is 4.79 Å². The van der Waals surface area contributed by atoms with Crippen LogP contribution < -0.4 is 14.8 Å². The first-order valence-corrected chi connectivity index (χ1v) is 9.12. The molecule has 3 N–H and O–H groups in total. The van der Waals surface area contributed by atoms with Gasteiger partial charge in [-0.3, -0.25) is 0 Å². The fourth-order valence-corrected chi connectivity index (χ4v) is 3.13. The normalized spacial score (nSPS) is 18.0. The highest BCUT2D eigenvalue weighted by molar-refractivity contribution is 6.30. The van der Waals surface area contributed by atoms with E-state index in [1.54, 1.807) is 18.2 Å². The minimum absolute atomic E-state index is 0.00851. The van der Waals surface area contributed by atoms with Crippen LogP contribution in [0.5, 0.6) is 11.5 Å². The van der Waals surface area contributed by atoms with E-state index in [9.17, 15) is 9.90 Å². The highest BCUT2D eigenvalue weighted by Crippen LogP contribution is 2.33. The van der Waals surface area contributed by atoms with Crippen LogP contribution >= 0.6 is 11.6 Å². The molecular weight excluding hydrogens is 370 g/mol. The molecule has 1 unspecified atom stereocenters. The molecule has 0 bridgehead atoms. The van der Waals surface area contributed by atoms with Gasteiger partial charge in [-0.2, -0.15) is 0 Å². The standard InChI is InChI=1S/C20H22ClNO5/c1-12(22-10-16(23)14-3-2-4-15(21)9-14)7-13-5-6-17-18(8-13)26-11-19(27-17)20(24)25/h2-6,8-9,12,16,19,22-23H,7,10-11H2,1H3,(H,24,25)/t12-,16?,19+/m0/s1. The van der Waals surface area contributed by atoms with Gasteiger partial charge in [-0.1, -0.05) is 29.8 Å². The van der Waals surface area contributed by atoms with Crippen molar-refractivity contribution in [3.63, 3.8) is 0 Å². The number of nitrogens with one attached hydrogen (secondary N) is 1. The lowest BCUT2D eigenvalue weighted by atomic mass is 10.0. The lowest BCUT2D eigenvalue weighted by molar-refractivity contribution is -0.147. The molecule has 2 aromatic carbocycles. The zero-order valence-electron chi connectivity index (χ0n) is 14.9. The van der Waals surface area contributed by atoms with Gasteiger partial charge >= 0.3 is 5.97 Å². The molecule has 0 saturated heterocycles. The van der Waals surface area contributed by atoms with Crippen LogP contribution in [0.2, 0.25) is 5.02 Å². The summed E-state index contributed by atoms with van der Waals surface area (Å²) in [6.07, 6.45) is -0.891. The van der Waals surface area contributed by atoms with Crippen LogP contribution in [0.25, 0.3) is 0 Å². The van der Waals surface area contributed by atoms with E-state index in [2.05, 4.69) is 5.32 Å². The molecule has 0 aliphatic carbocycles. The van der Waals surface area contributed by atoms with Gasteiger partial charge in [0.25, 0.3) is 0 Å². The maximum absolute atomic E-state index is 11.0. The second kappa shape index (κ2) is 8.61. The van der Waals surface area contributed by atoms with Crippen LogP contribution in [0.1, 0.15) is 24.2 Å². The number of hydrogen-bond donors (Lipinski definition) is 3. The Labute approximate surface area is 162 Å². The first-order valence-electron chi connectivity index (χ1n) is 8.74. The summed E-state index contributed by atoms with van der Waals surface area (Å²) in [6.45, 7) is 2.43. The summed E-state index contributed by atoms with van der Waals surface area (Å²) < 4.78 is 10.9. The van der Waals surface area contributed by atoms with Gasteiger partial charge in [0.2, 0.25) is 6.10 Å². The molecule has 7 heteroatoms. The minimum atomic E-state index is -1.04. The summed E-state index contributed by atoms with van der Waals surface area (Å²) in [7, 11) is 0. The molecular formula is C20H22ClNO5. The number of aliphatic hydroxyl groups excluding tert-OH is 1. The van der Waals surface area contributed by atoms with Gasteiger partial charge in [0.05, 0.1) is 6.10 Å². The second-order valence-corrected chi connectivity index (χ2v) is 7.06. The molecule has 1 aliphatic rings. The molecule has 3 rings (SSSR count). The Hall–Kier alpha value is -2.28. The lowest BCUT2D eigenvalue weighted by Crippen LogP contribution is -2.36. The van der Waals surface area contributed by atoms with Gasteiger partial charge < -0.3 is 25.0 Å². The number of benzene rings is 2. The number of rotatable bonds is 7. The average Bonchev–Trinajstić information content (AvgIpc) is 2.65.